The van der Waals surface area contributed by atoms with Crippen LogP contribution in [0.3, 0.4) is 0 Å². The fourth-order valence-electron chi connectivity index (χ4n) is 3.19. The average molecular weight is 340 g/mol. The number of para-hydroxylation sites is 3. The van der Waals surface area contributed by atoms with Crippen LogP contribution in [0.4, 0.5) is 5.69 Å². The molecule has 0 aliphatic carbocycles. The number of piperidine rings is 1. The molecule has 1 aliphatic rings. The molecule has 3 rings (SSSR count). The number of phenolic OH excluding ortho intramolecular Hbond substituents is 1. The van der Waals surface area contributed by atoms with Gasteiger partial charge in [0.15, 0.2) is 0 Å². The van der Waals surface area contributed by atoms with Crippen LogP contribution in [0.5, 0.6) is 11.5 Å². The van der Waals surface area contributed by atoms with E-state index in [0.717, 1.165) is 37.4 Å². The van der Waals surface area contributed by atoms with Crippen LogP contribution in [-0.4, -0.2) is 42.2 Å². The smallest absolute Gasteiger partial charge is 0.227 e. The van der Waals surface area contributed by atoms with E-state index in [0.29, 0.717) is 11.6 Å². The van der Waals surface area contributed by atoms with Crippen molar-refractivity contribution in [2.75, 3.05) is 25.5 Å². The molecule has 5 heteroatoms. The number of methoxy groups -OCH3 is 1. The third kappa shape index (κ3) is 4.24. The van der Waals surface area contributed by atoms with E-state index in [1.54, 1.807) is 25.3 Å². The Kier molecular flexibility index (Phi) is 5.43. The SMILES string of the molecule is COc1ccccc1NC1CCN(C(=O)Cc2ccccc2O)CC1. The van der Waals surface area contributed by atoms with Crippen LogP contribution in [0.15, 0.2) is 48.5 Å². The molecular formula is C20H24N2O3. The number of nitrogens with one attached hydrogen (secondary N) is 1. The summed E-state index contributed by atoms with van der Waals surface area (Å²) in [5.74, 6) is 1.08. The standard InChI is InChI=1S/C20H24N2O3/c1-25-19-9-5-3-7-17(19)21-16-10-12-22(13-11-16)20(24)14-15-6-2-4-8-18(15)23/h2-9,16,21,23H,10-14H2,1H3. The van der Waals surface area contributed by atoms with E-state index >= 15 is 0 Å². The quantitative estimate of drug-likeness (QED) is 0.878. The van der Waals surface area contributed by atoms with E-state index in [1.807, 2.05) is 35.2 Å². The summed E-state index contributed by atoms with van der Waals surface area (Å²) < 4.78 is 5.37. The Morgan fingerprint density at radius 1 is 1.16 bits per heavy atom. The fraction of sp³-hybridized carbons (Fsp3) is 0.350. The Morgan fingerprint density at radius 2 is 1.84 bits per heavy atom. The number of rotatable bonds is 5. The summed E-state index contributed by atoms with van der Waals surface area (Å²) in [5, 5.41) is 13.3. The highest BCUT2D eigenvalue weighted by Crippen LogP contribution is 2.26. The van der Waals surface area contributed by atoms with E-state index in [4.69, 9.17) is 4.74 Å². The first-order valence-corrected chi connectivity index (χ1v) is 8.61. The van der Waals surface area contributed by atoms with Gasteiger partial charge in [-0.25, -0.2) is 0 Å². The zero-order chi connectivity index (χ0) is 17.6. The van der Waals surface area contributed by atoms with E-state index in [2.05, 4.69) is 5.32 Å². The maximum atomic E-state index is 12.5. The number of hydrogen-bond acceptors (Lipinski definition) is 4. The summed E-state index contributed by atoms with van der Waals surface area (Å²) in [7, 11) is 1.67. The molecule has 0 aromatic heterocycles. The molecule has 1 amide bonds. The number of nitrogens with zero attached hydrogens (tertiary/aromatic N) is 1. The predicted octanol–water partition coefficient (Wildman–Crippen LogP) is 3.05. The van der Waals surface area contributed by atoms with Crippen LogP contribution in [0.1, 0.15) is 18.4 Å². The van der Waals surface area contributed by atoms with Crippen LogP contribution in [0, 0.1) is 0 Å². The number of anilines is 1. The number of phenols is 1. The van der Waals surface area contributed by atoms with E-state index in [9.17, 15) is 9.90 Å². The Hall–Kier alpha value is -2.69. The largest absolute Gasteiger partial charge is 0.508 e. The minimum Gasteiger partial charge on any atom is -0.508 e. The van der Waals surface area contributed by atoms with Gasteiger partial charge in [-0.05, 0) is 31.0 Å². The summed E-state index contributed by atoms with van der Waals surface area (Å²) in [6.07, 6.45) is 2.03. The minimum atomic E-state index is 0.0669. The Bertz CT molecular complexity index is 724. The Balaban J connectivity index is 1.53. The molecule has 0 spiro atoms. The third-order valence-corrected chi connectivity index (χ3v) is 4.65. The minimum absolute atomic E-state index is 0.0669. The Labute approximate surface area is 148 Å². The van der Waals surface area contributed by atoms with Gasteiger partial charge in [-0.1, -0.05) is 30.3 Å². The monoisotopic (exact) mass is 340 g/mol. The molecule has 25 heavy (non-hydrogen) atoms. The van der Waals surface area contributed by atoms with Crippen molar-refractivity contribution in [3.63, 3.8) is 0 Å². The second-order valence-electron chi connectivity index (χ2n) is 6.31. The number of hydrogen-bond donors (Lipinski definition) is 2. The van der Waals surface area contributed by atoms with E-state index in [-0.39, 0.29) is 18.1 Å². The van der Waals surface area contributed by atoms with Gasteiger partial charge in [-0.3, -0.25) is 4.79 Å². The van der Waals surface area contributed by atoms with Crippen molar-refractivity contribution in [3.8, 4) is 11.5 Å². The summed E-state index contributed by atoms with van der Waals surface area (Å²) in [5.41, 5.74) is 1.67. The number of carbonyl (C=O) groups is 1. The van der Waals surface area contributed by atoms with E-state index in [1.165, 1.54) is 0 Å². The molecule has 1 fully saturated rings. The lowest BCUT2D eigenvalue weighted by atomic mass is 10.0. The maximum absolute atomic E-state index is 12.5. The number of amides is 1. The van der Waals surface area contributed by atoms with Crippen LogP contribution in [0.2, 0.25) is 0 Å². The molecule has 0 bridgehead atoms. The number of benzene rings is 2. The molecule has 1 saturated heterocycles. The summed E-state index contributed by atoms with van der Waals surface area (Å²) >= 11 is 0. The maximum Gasteiger partial charge on any atom is 0.227 e. The van der Waals surface area contributed by atoms with Crippen LogP contribution in [-0.2, 0) is 11.2 Å². The van der Waals surface area contributed by atoms with Crippen molar-refractivity contribution in [2.24, 2.45) is 0 Å². The molecular weight excluding hydrogens is 316 g/mol. The van der Waals surface area contributed by atoms with Gasteiger partial charge in [-0.2, -0.15) is 0 Å². The van der Waals surface area contributed by atoms with Gasteiger partial charge in [0, 0.05) is 24.7 Å². The molecule has 5 nitrogen and oxygen atoms in total. The van der Waals surface area contributed by atoms with Gasteiger partial charge in [0.05, 0.1) is 19.2 Å². The molecule has 132 valence electrons. The van der Waals surface area contributed by atoms with Crippen molar-refractivity contribution < 1.29 is 14.6 Å². The van der Waals surface area contributed by atoms with Crippen molar-refractivity contribution in [1.82, 2.24) is 4.90 Å². The predicted molar refractivity (Wildman–Crippen MR) is 98.0 cm³/mol. The van der Waals surface area contributed by atoms with Crippen molar-refractivity contribution >= 4 is 11.6 Å². The first-order chi connectivity index (χ1) is 12.2. The second kappa shape index (κ2) is 7.92. The summed E-state index contributed by atoms with van der Waals surface area (Å²) in [6.45, 7) is 1.44. The molecule has 2 aromatic carbocycles. The lowest BCUT2D eigenvalue weighted by Crippen LogP contribution is -2.43. The molecule has 0 radical (unpaired) electrons. The van der Waals surface area contributed by atoms with Crippen LogP contribution in [0.25, 0.3) is 0 Å². The molecule has 2 N–H and O–H groups in total. The van der Waals surface area contributed by atoms with Gasteiger partial charge in [-0.15, -0.1) is 0 Å². The van der Waals surface area contributed by atoms with E-state index < -0.39 is 0 Å². The average Bonchev–Trinajstić information content (AvgIpc) is 2.64. The van der Waals surface area contributed by atoms with Crippen LogP contribution < -0.4 is 10.1 Å². The molecule has 0 unspecified atom stereocenters. The Morgan fingerprint density at radius 3 is 2.56 bits per heavy atom. The summed E-state index contributed by atoms with van der Waals surface area (Å²) in [6, 6.07) is 15.2. The number of aromatic hydroxyl groups is 1. The van der Waals surface area contributed by atoms with Gasteiger partial charge >= 0.3 is 0 Å². The fourth-order valence-corrected chi connectivity index (χ4v) is 3.19. The van der Waals surface area contributed by atoms with Crippen molar-refractivity contribution in [2.45, 2.75) is 25.3 Å². The lowest BCUT2D eigenvalue weighted by molar-refractivity contribution is -0.131. The molecule has 1 heterocycles. The van der Waals surface area contributed by atoms with Gasteiger partial charge in [0.2, 0.25) is 5.91 Å². The molecule has 2 aromatic rings. The van der Waals surface area contributed by atoms with Gasteiger partial charge in [0.25, 0.3) is 0 Å². The highest BCUT2D eigenvalue weighted by Gasteiger charge is 2.23. The normalized spacial score (nSPS) is 15.0. The second-order valence-corrected chi connectivity index (χ2v) is 6.31. The first-order valence-electron chi connectivity index (χ1n) is 8.61. The highest BCUT2D eigenvalue weighted by molar-refractivity contribution is 5.79. The topological polar surface area (TPSA) is 61.8 Å². The zero-order valence-corrected chi connectivity index (χ0v) is 14.4. The summed E-state index contributed by atoms with van der Waals surface area (Å²) in [4.78, 5) is 14.3. The van der Waals surface area contributed by atoms with Crippen molar-refractivity contribution in [1.29, 1.82) is 0 Å². The van der Waals surface area contributed by atoms with Gasteiger partial charge < -0.3 is 20.1 Å². The number of ether oxygens (including phenoxy) is 1. The third-order valence-electron chi connectivity index (χ3n) is 4.65. The molecule has 0 saturated carbocycles. The van der Waals surface area contributed by atoms with Crippen LogP contribution >= 0.6 is 0 Å². The molecule has 0 atom stereocenters. The molecule has 1 aliphatic heterocycles. The highest BCUT2D eigenvalue weighted by atomic mass is 16.5. The lowest BCUT2D eigenvalue weighted by Gasteiger charge is -2.33. The van der Waals surface area contributed by atoms with Crippen molar-refractivity contribution in [3.05, 3.63) is 54.1 Å². The number of likely N-dealkylation sites (tertiary alicyclic amines) is 1. The van der Waals surface area contributed by atoms with Gasteiger partial charge in [0.1, 0.15) is 11.5 Å². The first kappa shape index (κ1) is 17.1. The zero-order valence-electron chi connectivity index (χ0n) is 14.4. The number of carbonyl (C=O) groups excluding carboxylic acids is 1.